The third kappa shape index (κ3) is 1.69. The zero-order valence-corrected chi connectivity index (χ0v) is 9.51. The van der Waals surface area contributed by atoms with Gasteiger partial charge in [-0.2, -0.15) is 0 Å². The molecule has 0 aliphatic heterocycles. The number of anilines is 1. The molecule has 8 nitrogen and oxygen atoms in total. The SMILES string of the molecule is CS(=O)(=O)c1cccc2c1[n+]([O-])nc(N)[n+]2[O-]. The summed E-state index contributed by atoms with van der Waals surface area (Å²) in [6, 6.07) is 3.87. The monoisotopic (exact) mass is 256 g/mol. The Morgan fingerprint density at radius 3 is 2.59 bits per heavy atom. The van der Waals surface area contributed by atoms with Crippen molar-refractivity contribution in [3.8, 4) is 0 Å². The molecule has 1 aromatic heterocycles. The third-order valence-electron chi connectivity index (χ3n) is 2.19. The minimum Gasteiger partial charge on any atom is -0.739 e. The van der Waals surface area contributed by atoms with Gasteiger partial charge < -0.3 is 10.4 Å². The van der Waals surface area contributed by atoms with Crippen molar-refractivity contribution in [3.63, 3.8) is 0 Å². The lowest BCUT2D eigenvalue weighted by Gasteiger charge is -2.08. The molecule has 0 spiro atoms. The van der Waals surface area contributed by atoms with Gasteiger partial charge in [-0.25, -0.2) is 13.1 Å². The Morgan fingerprint density at radius 2 is 2.00 bits per heavy atom. The second-order valence-electron chi connectivity index (χ2n) is 3.42. The lowest BCUT2D eigenvalue weighted by molar-refractivity contribution is -0.673. The van der Waals surface area contributed by atoms with E-state index in [1.165, 1.54) is 18.2 Å². The summed E-state index contributed by atoms with van der Waals surface area (Å²) < 4.78 is 23.2. The van der Waals surface area contributed by atoms with E-state index in [2.05, 4.69) is 5.10 Å². The van der Waals surface area contributed by atoms with Crippen LogP contribution in [0.15, 0.2) is 23.1 Å². The lowest BCUT2D eigenvalue weighted by atomic mass is 10.3. The molecule has 1 heterocycles. The number of hydrogen-bond donors (Lipinski definition) is 1. The topological polar surface area (TPSA) is 127 Å². The highest BCUT2D eigenvalue weighted by molar-refractivity contribution is 7.91. The van der Waals surface area contributed by atoms with Gasteiger partial charge in [-0.1, -0.05) is 6.07 Å². The Bertz CT molecular complexity index is 713. The molecule has 0 amide bonds. The van der Waals surface area contributed by atoms with E-state index in [1.807, 2.05) is 0 Å². The number of hydrogen-bond acceptors (Lipinski definition) is 6. The second-order valence-corrected chi connectivity index (χ2v) is 5.41. The first-order chi connectivity index (χ1) is 7.82. The smallest absolute Gasteiger partial charge is 0.458 e. The number of para-hydroxylation sites is 1. The molecule has 0 unspecified atom stereocenters. The number of sulfone groups is 1. The maximum atomic E-state index is 11.5. The van der Waals surface area contributed by atoms with Gasteiger partial charge >= 0.3 is 11.5 Å². The van der Waals surface area contributed by atoms with E-state index < -0.39 is 15.8 Å². The lowest BCUT2D eigenvalue weighted by Crippen LogP contribution is -2.44. The van der Waals surface area contributed by atoms with Crippen LogP contribution in [0.2, 0.25) is 0 Å². The van der Waals surface area contributed by atoms with Gasteiger partial charge in [-0.15, -0.1) is 0 Å². The number of benzene rings is 1. The average molecular weight is 256 g/mol. The summed E-state index contributed by atoms with van der Waals surface area (Å²) in [4.78, 5) is -0.225. The Morgan fingerprint density at radius 1 is 1.35 bits per heavy atom. The zero-order chi connectivity index (χ0) is 12.8. The van der Waals surface area contributed by atoms with Crippen molar-refractivity contribution in [1.82, 2.24) is 5.10 Å². The first-order valence-corrected chi connectivity index (χ1v) is 6.33. The fraction of sp³-hybridized carbons (Fsp3) is 0.125. The van der Waals surface area contributed by atoms with Crippen molar-refractivity contribution in [2.24, 2.45) is 0 Å². The van der Waals surface area contributed by atoms with Gasteiger partial charge in [0.05, 0.1) is 0 Å². The van der Waals surface area contributed by atoms with Crippen LogP contribution in [0.1, 0.15) is 0 Å². The predicted octanol–water partition coefficient (Wildman–Crippen LogP) is -1.51. The van der Waals surface area contributed by atoms with Gasteiger partial charge in [-0.3, -0.25) is 5.73 Å². The van der Waals surface area contributed by atoms with Gasteiger partial charge in [0.25, 0.3) is 0 Å². The van der Waals surface area contributed by atoms with Crippen LogP contribution >= 0.6 is 0 Å². The average Bonchev–Trinajstić information content (AvgIpc) is 2.24. The molecule has 0 fully saturated rings. The molecule has 0 aliphatic rings. The summed E-state index contributed by atoms with van der Waals surface area (Å²) >= 11 is 0. The molecule has 2 N–H and O–H groups in total. The summed E-state index contributed by atoms with van der Waals surface area (Å²) in [5.74, 6) is -0.543. The first kappa shape index (κ1) is 11.3. The van der Waals surface area contributed by atoms with Gasteiger partial charge in [0, 0.05) is 11.1 Å². The summed E-state index contributed by atoms with van der Waals surface area (Å²) in [6.45, 7) is 0. The van der Waals surface area contributed by atoms with Crippen molar-refractivity contribution in [3.05, 3.63) is 28.6 Å². The van der Waals surface area contributed by atoms with Crippen molar-refractivity contribution in [1.29, 1.82) is 0 Å². The highest BCUT2D eigenvalue weighted by atomic mass is 32.2. The summed E-state index contributed by atoms with van der Waals surface area (Å²) in [5, 5.41) is 26.3. The number of fused-ring (bicyclic) bond motifs is 1. The quantitative estimate of drug-likeness (QED) is 0.488. The second kappa shape index (κ2) is 3.42. The molecule has 17 heavy (non-hydrogen) atoms. The van der Waals surface area contributed by atoms with Crippen molar-refractivity contribution in [2.45, 2.75) is 4.90 Å². The molecular formula is C8H8N4O4S. The largest absolute Gasteiger partial charge is 0.739 e. The molecular weight excluding hydrogens is 248 g/mol. The van der Waals surface area contributed by atoms with Crippen LogP contribution in [0.5, 0.6) is 0 Å². The third-order valence-corrected chi connectivity index (χ3v) is 3.32. The van der Waals surface area contributed by atoms with Crippen molar-refractivity contribution in [2.75, 3.05) is 12.0 Å². The Balaban J connectivity index is 3.06. The normalized spacial score (nSPS) is 11.8. The molecule has 0 saturated carbocycles. The van der Waals surface area contributed by atoms with Gasteiger partial charge in [0.2, 0.25) is 5.10 Å². The summed E-state index contributed by atoms with van der Waals surface area (Å²) in [6.07, 6.45) is 0.938. The van der Waals surface area contributed by atoms with Crippen LogP contribution in [0, 0.1) is 10.4 Å². The minimum atomic E-state index is -3.64. The molecule has 1 aromatic carbocycles. The van der Waals surface area contributed by atoms with Crippen molar-refractivity contribution >= 4 is 26.8 Å². The molecule has 0 bridgehead atoms. The number of rotatable bonds is 1. The molecule has 0 aliphatic carbocycles. The maximum absolute atomic E-state index is 11.5. The molecule has 2 aromatic rings. The van der Waals surface area contributed by atoms with E-state index >= 15 is 0 Å². The van der Waals surface area contributed by atoms with E-state index in [1.54, 1.807) is 0 Å². The fourth-order valence-corrected chi connectivity index (χ4v) is 2.33. The van der Waals surface area contributed by atoms with Crippen LogP contribution in [-0.4, -0.2) is 19.8 Å². The van der Waals surface area contributed by atoms with E-state index in [9.17, 15) is 18.8 Å². The zero-order valence-electron chi connectivity index (χ0n) is 8.69. The van der Waals surface area contributed by atoms with Crippen LogP contribution < -0.4 is 15.3 Å². The standard InChI is InChI=1S/C8H8N4O4S/c1-17(15,16)6-4-2-3-5-7(6)12(14)10-8(9)11(5)13/h2-4H,1H3,(H2,9,10). The van der Waals surface area contributed by atoms with E-state index in [4.69, 9.17) is 5.73 Å². The maximum Gasteiger partial charge on any atom is 0.458 e. The molecule has 9 heteroatoms. The van der Waals surface area contributed by atoms with Crippen LogP contribution in [0.3, 0.4) is 0 Å². The molecule has 2 rings (SSSR count). The molecule has 0 radical (unpaired) electrons. The highest BCUT2D eigenvalue weighted by Crippen LogP contribution is 2.17. The van der Waals surface area contributed by atoms with E-state index in [0.717, 1.165) is 6.26 Å². The Labute approximate surface area is 96.0 Å². The van der Waals surface area contributed by atoms with Crippen LogP contribution in [-0.2, 0) is 9.84 Å². The summed E-state index contributed by atoms with van der Waals surface area (Å²) in [5.41, 5.74) is 4.75. The van der Waals surface area contributed by atoms with Crippen LogP contribution in [0.4, 0.5) is 5.95 Å². The number of nitrogen functional groups attached to an aromatic ring is 1. The van der Waals surface area contributed by atoms with E-state index in [0.29, 0.717) is 0 Å². The highest BCUT2D eigenvalue weighted by Gasteiger charge is 2.25. The Hall–Kier alpha value is -2.16. The molecule has 90 valence electrons. The van der Waals surface area contributed by atoms with E-state index in [-0.39, 0.29) is 25.5 Å². The number of nitrogens with two attached hydrogens (primary N) is 1. The predicted molar refractivity (Wildman–Crippen MR) is 57.2 cm³/mol. The Kier molecular flexibility index (Phi) is 2.28. The minimum absolute atomic E-state index is 0.0372. The van der Waals surface area contributed by atoms with Gasteiger partial charge in [0.1, 0.15) is 4.90 Å². The number of aromatic nitrogens is 3. The van der Waals surface area contributed by atoms with Crippen LogP contribution in [0.25, 0.3) is 11.0 Å². The molecule has 0 atom stereocenters. The number of nitrogens with zero attached hydrogens (tertiary/aromatic N) is 3. The van der Waals surface area contributed by atoms with Gasteiger partial charge in [-0.05, 0) is 12.1 Å². The van der Waals surface area contributed by atoms with Gasteiger partial charge in [0.15, 0.2) is 15.4 Å². The van der Waals surface area contributed by atoms with Crippen molar-refractivity contribution < 1.29 is 18.0 Å². The first-order valence-electron chi connectivity index (χ1n) is 4.44. The molecule has 0 saturated heterocycles. The summed E-state index contributed by atoms with van der Waals surface area (Å²) in [7, 11) is -3.64. The fourth-order valence-electron chi connectivity index (χ4n) is 1.47.